The van der Waals surface area contributed by atoms with Crippen molar-refractivity contribution in [2.75, 3.05) is 19.1 Å². The Morgan fingerprint density at radius 2 is 2.00 bits per heavy atom. The number of hydrogen-bond acceptors (Lipinski definition) is 5. The predicted molar refractivity (Wildman–Crippen MR) is 136 cm³/mol. The molecule has 7 heteroatoms. The first kappa shape index (κ1) is 22.5. The molecule has 1 saturated heterocycles. The van der Waals surface area contributed by atoms with Gasteiger partial charge in [0.1, 0.15) is 5.75 Å². The molecule has 0 spiro atoms. The molecule has 1 N–H and O–H groups in total. The molecule has 0 saturated carbocycles. The van der Waals surface area contributed by atoms with E-state index >= 15 is 0 Å². The zero-order chi connectivity index (χ0) is 23.2. The highest BCUT2D eigenvalue weighted by Gasteiger charge is 2.30. The van der Waals surface area contributed by atoms with Crippen LogP contribution in [-0.2, 0) is 4.79 Å². The summed E-state index contributed by atoms with van der Waals surface area (Å²) in [7, 11) is 3.73. The maximum atomic E-state index is 12.7. The molecule has 0 aliphatic carbocycles. The topological polar surface area (TPSA) is 53.9 Å². The Balaban J connectivity index is 1.71. The van der Waals surface area contributed by atoms with Gasteiger partial charge in [-0.2, -0.15) is 0 Å². The number of rotatable bonds is 3. The third kappa shape index (κ3) is 4.05. The Morgan fingerprint density at radius 1 is 1.25 bits per heavy atom. The van der Waals surface area contributed by atoms with Crippen molar-refractivity contribution >= 4 is 57.5 Å². The number of halogens is 1. The van der Waals surface area contributed by atoms with Crippen molar-refractivity contribution in [1.29, 1.82) is 0 Å². The van der Waals surface area contributed by atoms with Crippen LogP contribution in [0.3, 0.4) is 0 Å². The lowest BCUT2D eigenvalue weighted by Gasteiger charge is -2.41. The van der Waals surface area contributed by atoms with Crippen LogP contribution in [-0.4, -0.2) is 30.8 Å². The quantitative estimate of drug-likeness (QED) is 0.547. The minimum Gasteiger partial charge on any atom is -0.496 e. The van der Waals surface area contributed by atoms with E-state index in [4.69, 9.17) is 16.3 Å². The predicted octanol–water partition coefficient (Wildman–Crippen LogP) is 6.18. The summed E-state index contributed by atoms with van der Waals surface area (Å²) in [5.41, 5.74) is 5.81. The number of nitrogens with zero attached hydrogens (tertiary/aromatic N) is 2. The first-order valence-electron chi connectivity index (χ1n) is 10.3. The number of methoxy groups -OCH3 is 1. The highest BCUT2D eigenvalue weighted by atomic mass is 35.5. The normalized spacial score (nSPS) is 19.8. The average molecular weight is 468 g/mol. The first-order valence-corrected chi connectivity index (χ1v) is 11.5. The molecule has 4 rings (SSSR count). The van der Waals surface area contributed by atoms with Gasteiger partial charge in [-0.15, -0.1) is 0 Å². The summed E-state index contributed by atoms with van der Waals surface area (Å²) in [6.07, 6.45) is 4.12. The Hall–Kier alpha value is -2.70. The van der Waals surface area contributed by atoms with E-state index in [0.717, 1.165) is 33.8 Å². The van der Waals surface area contributed by atoms with Crippen LogP contribution in [0.4, 0.5) is 11.4 Å². The Labute approximate surface area is 198 Å². The molecule has 0 bridgehead atoms. The molecule has 2 aromatic rings. The second kappa shape index (κ2) is 8.34. The van der Waals surface area contributed by atoms with Crippen molar-refractivity contribution in [3.63, 3.8) is 0 Å². The number of carbonyl (C=O) groups is 1. The number of anilines is 1. The summed E-state index contributed by atoms with van der Waals surface area (Å²) in [6.45, 7) is 8.39. The van der Waals surface area contributed by atoms with E-state index in [0.29, 0.717) is 15.1 Å². The summed E-state index contributed by atoms with van der Waals surface area (Å²) in [5.74, 6) is 0.539. The van der Waals surface area contributed by atoms with E-state index in [1.807, 2.05) is 37.3 Å². The van der Waals surface area contributed by atoms with Crippen molar-refractivity contribution in [3.05, 3.63) is 63.0 Å². The van der Waals surface area contributed by atoms with Crippen molar-refractivity contribution in [1.82, 2.24) is 5.32 Å². The van der Waals surface area contributed by atoms with Crippen molar-refractivity contribution in [2.24, 2.45) is 4.99 Å². The van der Waals surface area contributed by atoms with Crippen LogP contribution >= 0.6 is 23.4 Å². The van der Waals surface area contributed by atoms with Gasteiger partial charge in [0, 0.05) is 35.0 Å². The summed E-state index contributed by atoms with van der Waals surface area (Å²) < 4.78 is 5.68. The van der Waals surface area contributed by atoms with Crippen molar-refractivity contribution in [3.8, 4) is 5.75 Å². The summed E-state index contributed by atoms with van der Waals surface area (Å²) in [5, 5.41) is 4.02. The summed E-state index contributed by atoms with van der Waals surface area (Å²) >= 11 is 7.51. The van der Waals surface area contributed by atoms with E-state index in [1.165, 1.54) is 17.3 Å². The maximum absolute atomic E-state index is 12.7. The molecule has 0 radical (unpaired) electrons. The number of aliphatic imine (C=N–C) groups is 1. The Bertz CT molecular complexity index is 1210. The monoisotopic (exact) mass is 467 g/mol. The van der Waals surface area contributed by atoms with Crippen molar-refractivity contribution < 1.29 is 9.53 Å². The van der Waals surface area contributed by atoms with Crippen LogP contribution in [0.25, 0.3) is 11.6 Å². The highest BCUT2D eigenvalue weighted by Crippen LogP contribution is 2.42. The molecule has 0 aromatic heterocycles. The van der Waals surface area contributed by atoms with Gasteiger partial charge >= 0.3 is 0 Å². The Kier molecular flexibility index (Phi) is 5.86. The number of amides is 1. The van der Waals surface area contributed by atoms with Crippen LogP contribution < -0.4 is 15.0 Å². The highest BCUT2D eigenvalue weighted by molar-refractivity contribution is 8.18. The molecule has 32 heavy (non-hydrogen) atoms. The molecule has 0 unspecified atom stereocenters. The molecule has 1 amide bonds. The smallest absolute Gasteiger partial charge is 0.264 e. The Morgan fingerprint density at radius 3 is 2.72 bits per heavy atom. The summed E-state index contributed by atoms with van der Waals surface area (Å²) in [6, 6.07) is 9.68. The molecule has 166 valence electrons. The van der Waals surface area contributed by atoms with Crippen molar-refractivity contribution in [2.45, 2.75) is 33.2 Å². The fourth-order valence-corrected chi connectivity index (χ4v) is 4.93. The SMILES string of the molecule is COc1cc2c(cc1/C=C1/SC(=Nc3cccc(Cl)c3C)NC1=O)C(C)=CC(C)(C)N2C. The number of allylic oxidation sites excluding steroid dienone is 1. The minimum absolute atomic E-state index is 0.0902. The molecule has 2 aliphatic heterocycles. The molecular formula is C25H26ClN3O2S. The van der Waals surface area contributed by atoms with E-state index in [1.54, 1.807) is 7.11 Å². The largest absolute Gasteiger partial charge is 0.496 e. The number of fused-ring (bicyclic) bond motifs is 1. The summed E-state index contributed by atoms with van der Waals surface area (Å²) in [4.78, 5) is 20.0. The average Bonchev–Trinajstić information content (AvgIpc) is 3.08. The zero-order valence-electron chi connectivity index (χ0n) is 19.0. The molecule has 1 fully saturated rings. The van der Waals surface area contributed by atoms with Gasteiger partial charge in [0.15, 0.2) is 5.17 Å². The number of benzene rings is 2. The van der Waals surface area contributed by atoms with Gasteiger partial charge in [-0.3, -0.25) is 4.79 Å². The van der Waals surface area contributed by atoms with Gasteiger partial charge in [0.25, 0.3) is 5.91 Å². The number of likely N-dealkylation sites (N-methyl/N-ethyl adjacent to an activating group) is 1. The standard InChI is InChI=1S/C25H26ClN3O2S/c1-14-13-25(3,4)29(5)20-12-21(31-6)16(10-17(14)20)11-22-23(30)28-24(32-22)27-19-9-7-8-18(26)15(19)2/h7-13H,1-6H3,(H,27,28,30)/b22-11+. The van der Waals surface area contributed by atoms with E-state index < -0.39 is 0 Å². The third-order valence-electron chi connectivity index (χ3n) is 5.97. The van der Waals surface area contributed by atoms with Gasteiger partial charge in [0.2, 0.25) is 0 Å². The fraction of sp³-hybridized carbons (Fsp3) is 0.280. The zero-order valence-corrected chi connectivity index (χ0v) is 20.6. The number of amidine groups is 1. The molecule has 5 nitrogen and oxygen atoms in total. The first-order chi connectivity index (χ1) is 15.1. The van der Waals surface area contributed by atoms with Gasteiger partial charge in [0.05, 0.1) is 23.2 Å². The number of carbonyl (C=O) groups excluding carboxylic acids is 1. The van der Waals surface area contributed by atoms with Crippen LogP contribution in [0.15, 0.2) is 46.3 Å². The van der Waals surface area contributed by atoms with Gasteiger partial charge in [-0.1, -0.05) is 23.7 Å². The lowest BCUT2D eigenvalue weighted by molar-refractivity contribution is -0.115. The van der Waals surface area contributed by atoms with Gasteiger partial charge in [-0.05, 0) is 74.9 Å². The molecule has 0 atom stereocenters. The third-order valence-corrected chi connectivity index (χ3v) is 7.29. The molecule has 2 aliphatic rings. The van der Waals surface area contributed by atoms with Crippen LogP contribution in [0.5, 0.6) is 5.75 Å². The van der Waals surface area contributed by atoms with Crippen LogP contribution in [0.1, 0.15) is 37.5 Å². The second-order valence-electron chi connectivity index (χ2n) is 8.52. The molecule has 2 heterocycles. The van der Waals surface area contributed by atoms with E-state index in [2.05, 4.69) is 55.2 Å². The maximum Gasteiger partial charge on any atom is 0.264 e. The fourth-order valence-electron chi connectivity index (χ4n) is 3.93. The van der Waals surface area contributed by atoms with E-state index in [-0.39, 0.29) is 11.4 Å². The number of nitrogens with one attached hydrogen (secondary N) is 1. The van der Waals surface area contributed by atoms with E-state index in [9.17, 15) is 4.79 Å². The van der Waals surface area contributed by atoms with Crippen LogP contribution in [0.2, 0.25) is 5.02 Å². The number of thioether (sulfide) groups is 1. The lowest BCUT2D eigenvalue weighted by Crippen LogP contribution is -2.42. The number of ether oxygens (including phenoxy) is 1. The second-order valence-corrected chi connectivity index (χ2v) is 9.95. The number of hydrogen-bond donors (Lipinski definition) is 1. The lowest BCUT2D eigenvalue weighted by atomic mass is 9.88. The molecular weight excluding hydrogens is 442 g/mol. The van der Waals surface area contributed by atoms with Crippen LogP contribution in [0, 0.1) is 6.92 Å². The van der Waals surface area contributed by atoms with Gasteiger partial charge in [-0.25, -0.2) is 4.99 Å². The minimum atomic E-state index is -0.182. The van der Waals surface area contributed by atoms with Gasteiger partial charge < -0.3 is 15.0 Å². The molecule has 2 aromatic carbocycles.